The van der Waals surface area contributed by atoms with Crippen LogP contribution in [0.1, 0.15) is 312 Å². The van der Waals surface area contributed by atoms with E-state index in [9.17, 15) is 11.6 Å². The first-order chi connectivity index (χ1) is 70.8. The van der Waals surface area contributed by atoms with E-state index in [1.54, 1.807) is 47.0 Å². The maximum absolute atomic E-state index is 12.4. The topological polar surface area (TPSA) is 102 Å². The van der Waals surface area contributed by atoms with Crippen molar-refractivity contribution in [1.29, 1.82) is 0 Å². The quantitative estimate of drug-likeness (QED) is 0.0737. The van der Waals surface area contributed by atoms with Gasteiger partial charge in [-0.1, -0.05) is 331 Å². The molecule has 0 radical (unpaired) electrons. The van der Waals surface area contributed by atoms with Crippen LogP contribution in [0.2, 0.25) is 0 Å². The van der Waals surface area contributed by atoms with Gasteiger partial charge in [-0.25, -0.2) is 9.97 Å². The number of phenolic OH excluding ortho intramolecular Hbond substituents is 2. The Balaban J connectivity index is 0.000000254. The number of para-hydroxylation sites is 2. The van der Waals surface area contributed by atoms with Gasteiger partial charge in [0.2, 0.25) is 0 Å². The molecule has 0 aliphatic rings. The van der Waals surface area contributed by atoms with E-state index in [1.165, 1.54) is 6.20 Å². The van der Waals surface area contributed by atoms with Crippen molar-refractivity contribution in [2.24, 2.45) is 0 Å². The fraction of sp³-hybridized carbons (Fsp3) is 0.300. The molecule has 0 amide bonds. The zero-order chi connectivity index (χ0) is 113. The minimum atomic E-state index is -3.00. The van der Waals surface area contributed by atoms with Crippen LogP contribution in [0.4, 0.5) is 0 Å². The van der Waals surface area contributed by atoms with E-state index in [4.69, 9.17) is 47.9 Å². The van der Waals surface area contributed by atoms with E-state index in [0.717, 1.165) is 61.2 Å². The summed E-state index contributed by atoms with van der Waals surface area (Å²) in [5, 5.41) is 24.7. The summed E-state index contributed by atoms with van der Waals surface area (Å²) in [6, 6.07) is 53.0. The second kappa shape index (κ2) is 39.1. The van der Waals surface area contributed by atoms with Gasteiger partial charge in [-0.05, 0) is 246 Å². The number of hydrogen-bond acceptors (Lipinski definition) is 6. The van der Waals surface area contributed by atoms with Crippen molar-refractivity contribution < 1.29 is 86.6 Å². The van der Waals surface area contributed by atoms with Crippen LogP contribution in [0.15, 0.2) is 243 Å². The molecule has 0 aliphatic heterocycles. The molecule has 0 spiro atoms. The first-order valence-electron chi connectivity index (χ1n) is 56.5. The number of imidazole rings is 2. The van der Waals surface area contributed by atoms with Crippen LogP contribution in [0.5, 0.6) is 11.5 Å². The van der Waals surface area contributed by atoms with Crippen molar-refractivity contribution >= 4 is 22.1 Å². The Hall–Kier alpha value is -11.1. The number of nitrogens with zero attached hydrogens (tertiary/aromatic N) is 6. The number of fused-ring (bicyclic) bond motifs is 2. The first-order valence-corrected chi connectivity index (χ1v) is 44.0. The summed E-state index contributed by atoms with van der Waals surface area (Å²) in [5.41, 5.74) is 15.1. The minimum Gasteiger partial charge on any atom is -0.507 e. The molecule has 130 heavy (non-hydrogen) atoms. The van der Waals surface area contributed by atoms with Gasteiger partial charge in [-0.2, -0.15) is 0 Å². The number of pyridine rings is 2. The molecule has 0 saturated heterocycles. The third-order valence-corrected chi connectivity index (χ3v) is 24.0. The number of aromatic hydroxyl groups is 2. The third kappa shape index (κ3) is 20.2. The van der Waals surface area contributed by atoms with Gasteiger partial charge in [-0.3, -0.25) is 19.1 Å². The monoisotopic (exact) mass is 2100 g/mol. The maximum atomic E-state index is 12.4. The van der Waals surface area contributed by atoms with Gasteiger partial charge in [-0.15, -0.1) is 58.7 Å². The molecule has 2 N–H and O–H groups in total. The smallest absolute Gasteiger partial charge is 0.148 e. The molecule has 672 valence electrons. The molecule has 16 aromatic rings. The van der Waals surface area contributed by atoms with Gasteiger partial charge in [0, 0.05) is 85.1 Å². The standard InChI is InChI=1S/2C60H64N3O.2Pt/c2*1-35(2)44-26-45(36(3)4)28-47(27-44)42-21-22-55(40(10)25-42)63-56-16-14-15-51(57(56)62-59(63)53-33-46(37(5)6)32-52(38(7)8)58(53)64)48-29-49(31-50(30-48)60(11,12)13)54-34-43(23-24-61-54)41-19-17-39(9)18-20-41;;/h2*14-28,30-38,64H,1-13H3;;/q2*-1;;/i9D3,10D3,17D,18D,19D,20D,23D,24D,34D,35D;9D3,10D3,17D,18D,19D,20D,35D;;. The maximum Gasteiger partial charge on any atom is 0.148 e. The summed E-state index contributed by atoms with van der Waals surface area (Å²) in [7, 11) is 0. The van der Waals surface area contributed by atoms with E-state index in [-0.39, 0.29) is 129 Å². The van der Waals surface area contributed by atoms with E-state index in [1.807, 2.05) is 202 Å². The Labute approximate surface area is 838 Å². The Kier molecular flexibility index (Phi) is 20.4. The molecule has 4 aromatic heterocycles. The van der Waals surface area contributed by atoms with Crippen LogP contribution in [-0.4, -0.2) is 39.3 Å². The van der Waals surface area contributed by atoms with Gasteiger partial charge in [0.15, 0.2) is 0 Å². The van der Waals surface area contributed by atoms with Crippen LogP contribution >= 0.6 is 0 Å². The van der Waals surface area contributed by atoms with E-state index in [0.29, 0.717) is 100 Å². The van der Waals surface area contributed by atoms with Crippen LogP contribution < -0.4 is 0 Å². The largest absolute Gasteiger partial charge is 0.507 e. The summed E-state index contributed by atoms with van der Waals surface area (Å²) < 4.78 is 221. The van der Waals surface area contributed by atoms with Crippen molar-refractivity contribution in [3.8, 4) is 135 Å². The minimum absolute atomic E-state index is 0. The molecular weight excluding hydrogens is 1950 g/mol. The number of rotatable bonds is 20. The second-order valence-corrected chi connectivity index (χ2v) is 38.0. The molecule has 4 heterocycles. The number of aryl methyl sites for hydroxylation is 2. The van der Waals surface area contributed by atoms with Gasteiger partial charge >= 0.3 is 0 Å². The third-order valence-electron chi connectivity index (χ3n) is 24.0. The number of benzene rings is 12. The van der Waals surface area contributed by atoms with Gasteiger partial charge in [0.25, 0.3) is 0 Å². The Bertz CT molecular complexity index is 8140. The Morgan fingerprint density at radius 1 is 0.354 bits per heavy atom. The van der Waals surface area contributed by atoms with Crippen molar-refractivity contribution in [3.05, 3.63) is 333 Å². The molecule has 16 rings (SSSR count). The van der Waals surface area contributed by atoms with E-state index in [2.05, 4.69) is 99.3 Å². The van der Waals surface area contributed by atoms with E-state index < -0.39 is 139 Å². The molecule has 10 heteroatoms. The molecule has 0 bridgehead atoms. The van der Waals surface area contributed by atoms with Crippen molar-refractivity contribution in [2.75, 3.05) is 0 Å². The molecule has 0 fully saturated rings. The van der Waals surface area contributed by atoms with Crippen LogP contribution in [0.3, 0.4) is 0 Å². The predicted molar refractivity (Wildman–Crippen MR) is 542 cm³/mol. The fourth-order valence-corrected chi connectivity index (χ4v) is 16.2. The summed E-state index contributed by atoms with van der Waals surface area (Å²) in [6.07, 6.45) is 0.871. The second-order valence-electron chi connectivity index (χ2n) is 38.0. The molecule has 0 atom stereocenters. The fourth-order valence-electron chi connectivity index (χ4n) is 16.2. The van der Waals surface area contributed by atoms with Crippen molar-refractivity contribution in [2.45, 2.75) is 238 Å². The number of aromatic nitrogens is 6. The van der Waals surface area contributed by atoms with Gasteiger partial charge < -0.3 is 10.2 Å². The molecular formula is C120H128N6O2Pt2-2. The zero-order valence-corrected chi connectivity index (χ0v) is 82.5. The van der Waals surface area contributed by atoms with Crippen LogP contribution in [-0.2, 0) is 53.0 Å². The van der Waals surface area contributed by atoms with E-state index >= 15 is 0 Å². The summed E-state index contributed by atoms with van der Waals surface area (Å²) in [5.74, 6) is -0.994. The van der Waals surface area contributed by atoms with Gasteiger partial charge in [0.05, 0.1) is 59.6 Å². The van der Waals surface area contributed by atoms with Crippen molar-refractivity contribution in [3.63, 3.8) is 0 Å². The summed E-state index contributed by atoms with van der Waals surface area (Å²) >= 11 is 0. The number of hydrogen-bond donors (Lipinski definition) is 2. The van der Waals surface area contributed by atoms with Crippen molar-refractivity contribution in [1.82, 2.24) is 29.1 Å². The summed E-state index contributed by atoms with van der Waals surface area (Å²) in [4.78, 5) is 19.9. The zero-order valence-electron chi connectivity index (χ0n) is 103. The number of phenols is 2. The average Bonchev–Trinajstić information content (AvgIpc) is 1.59. The average molecular weight is 2100 g/mol. The Morgan fingerprint density at radius 3 is 1.14 bits per heavy atom. The summed E-state index contributed by atoms with van der Waals surface area (Å²) in [6.45, 7) is 33.0. The molecule has 0 saturated carbocycles. The Morgan fingerprint density at radius 2 is 0.746 bits per heavy atom. The van der Waals surface area contributed by atoms with Gasteiger partial charge in [0.1, 0.15) is 23.1 Å². The molecule has 0 aliphatic carbocycles. The molecule has 0 unspecified atom stereocenters. The van der Waals surface area contributed by atoms with Crippen LogP contribution in [0, 0.1) is 39.5 Å². The SMILES string of the molecule is [2H]c1c([2H])c(C([2H])([2H])[2H])c([2H])c([2H])c1-c1ccnc(-c2[c-]c(-c3cccc4c3nc(-c3cc(C(C)C)cc(C(C)C)c3O)n4-c3ccc(-c4cc(C(C)C)cc(C([2H])(C)C)c4)cc3C([2H])([2H])[2H])cc(C(C)(C)C)c2)c1.[2H]c1nc(-c2[c-]c(-c3cccc4c3nc(-c3cc(C(C)C)cc(C(C)C)c3O)n4-c3ccc(-c4cc(C(C)C)cc(C([2H])(C)C)c4)cc3C([2H])([2H])[2H])cc(C(C)(C)C)c2)c([2H])c(-c2c([2H])c([2H])c(C([2H])([2H])[2H])c([2H])c2[2H])c1[2H].[Pt].[Pt]. The predicted octanol–water partition coefficient (Wildman–Crippen LogP) is 33.3. The molecule has 8 nitrogen and oxygen atoms in total. The molecule has 12 aromatic carbocycles. The van der Waals surface area contributed by atoms with Crippen LogP contribution in [0.25, 0.3) is 145 Å². The first kappa shape index (κ1) is 68.0. The normalized spacial score (nSPS) is 15.3.